The predicted molar refractivity (Wildman–Crippen MR) is 79.1 cm³/mol. The number of hydrogen-bond donors (Lipinski definition) is 1. The second kappa shape index (κ2) is 7.97. The van der Waals surface area contributed by atoms with Crippen molar-refractivity contribution in [2.75, 3.05) is 52.4 Å². The van der Waals surface area contributed by atoms with Crippen LogP contribution in [0.25, 0.3) is 0 Å². The van der Waals surface area contributed by atoms with Crippen LogP contribution in [0.15, 0.2) is 18.2 Å². The van der Waals surface area contributed by atoms with Gasteiger partial charge in [-0.1, -0.05) is 6.07 Å². The van der Waals surface area contributed by atoms with Crippen LogP contribution in [0.3, 0.4) is 0 Å². The van der Waals surface area contributed by atoms with Crippen molar-refractivity contribution in [3.63, 3.8) is 0 Å². The summed E-state index contributed by atoms with van der Waals surface area (Å²) in [5.41, 5.74) is 8.06. The summed E-state index contributed by atoms with van der Waals surface area (Å²) in [5.74, 6) is 0.0252. The molecular weight excluding hydrogens is 272 g/mol. The predicted octanol–water partition coefficient (Wildman–Crippen LogP) is 0.904. The van der Waals surface area contributed by atoms with Crippen LogP contribution < -0.4 is 5.73 Å². The number of fused-ring (bicyclic) bond motifs is 1. The van der Waals surface area contributed by atoms with Gasteiger partial charge in [-0.3, -0.25) is 4.79 Å². The Balaban J connectivity index is 1.64. The number of nitrogen functional groups attached to an aromatic ring is 1. The lowest BCUT2D eigenvalue weighted by Crippen LogP contribution is -2.28. The minimum absolute atomic E-state index is 0.0252. The fraction of sp³-hybridized carbons (Fsp3) is 0.533. The van der Waals surface area contributed by atoms with Crippen molar-refractivity contribution in [2.45, 2.75) is 6.54 Å². The number of nitrogens with zero attached hydrogens (tertiary/aromatic N) is 1. The number of carbonyl (C=O) groups excluding carboxylic acids is 1. The van der Waals surface area contributed by atoms with Gasteiger partial charge in [-0.15, -0.1) is 0 Å². The molecule has 0 fully saturated rings. The largest absolute Gasteiger partial charge is 0.399 e. The minimum Gasteiger partial charge on any atom is -0.399 e. The van der Waals surface area contributed by atoms with Crippen molar-refractivity contribution < 1.29 is 19.0 Å². The highest BCUT2D eigenvalue weighted by Crippen LogP contribution is 2.24. The van der Waals surface area contributed by atoms with E-state index in [1.807, 2.05) is 12.1 Å². The van der Waals surface area contributed by atoms with Crippen molar-refractivity contribution >= 4 is 11.6 Å². The highest BCUT2D eigenvalue weighted by molar-refractivity contribution is 5.99. The van der Waals surface area contributed by atoms with Crippen LogP contribution in [0, 0.1) is 0 Å². The molecular formula is C15H22N2O4. The molecule has 6 nitrogen and oxygen atoms in total. The van der Waals surface area contributed by atoms with Crippen molar-refractivity contribution in [1.29, 1.82) is 0 Å². The van der Waals surface area contributed by atoms with Gasteiger partial charge in [-0.05, 0) is 17.7 Å². The monoisotopic (exact) mass is 294 g/mol. The van der Waals surface area contributed by atoms with Crippen molar-refractivity contribution in [2.24, 2.45) is 0 Å². The molecule has 0 spiro atoms. The van der Waals surface area contributed by atoms with E-state index >= 15 is 0 Å². The maximum atomic E-state index is 12.2. The molecule has 21 heavy (non-hydrogen) atoms. The quantitative estimate of drug-likeness (QED) is 0.541. The van der Waals surface area contributed by atoms with Gasteiger partial charge >= 0.3 is 0 Å². The smallest absolute Gasteiger partial charge is 0.254 e. The third-order valence-electron chi connectivity index (χ3n) is 3.32. The van der Waals surface area contributed by atoms with Crippen molar-refractivity contribution in [3.05, 3.63) is 29.3 Å². The molecule has 1 heterocycles. The van der Waals surface area contributed by atoms with Crippen LogP contribution in [-0.4, -0.2) is 57.5 Å². The fourth-order valence-electron chi connectivity index (χ4n) is 2.20. The topological polar surface area (TPSA) is 74.0 Å². The van der Waals surface area contributed by atoms with Crippen molar-refractivity contribution in [1.82, 2.24) is 4.90 Å². The zero-order chi connectivity index (χ0) is 15.1. The SMILES string of the molecule is COCCOCCOCCN1Cc2ccc(N)cc2C1=O. The van der Waals surface area contributed by atoms with E-state index in [4.69, 9.17) is 19.9 Å². The number of hydrogen-bond acceptors (Lipinski definition) is 5. The second-order valence-corrected chi connectivity index (χ2v) is 4.86. The summed E-state index contributed by atoms with van der Waals surface area (Å²) in [6.07, 6.45) is 0. The van der Waals surface area contributed by atoms with Crippen LogP contribution in [0.2, 0.25) is 0 Å². The van der Waals surface area contributed by atoms with Gasteiger partial charge in [0.05, 0.1) is 33.0 Å². The molecule has 1 aliphatic rings. The second-order valence-electron chi connectivity index (χ2n) is 4.86. The molecule has 0 atom stereocenters. The Morgan fingerprint density at radius 1 is 1.14 bits per heavy atom. The van der Waals surface area contributed by atoms with Gasteiger partial charge in [-0.2, -0.15) is 0 Å². The van der Waals surface area contributed by atoms with E-state index in [0.29, 0.717) is 57.4 Å². The van der Waals surface area contributed by atoms with E-state index in [9.17, 15) is 4.79 Å². The normalized spacial score (nSPS) is 13.8. The summed E-state index contributed by atoms with van der Waals surface area (Å²) < 4.78 is 15.6. The maximum Gasteiger partial charge on any atom is 0.254 e. The summed E-state index contributed by atoms with van der Waals surface area (Å²) in [7, 11) is 1.64. The Morgan fingerprint density at radius 2 is 1.86 bits per heavy atom. The van der Waals surface area contributed by atoms with Gasteiger partial charge in [0.2, 0.25) is 0 Å². The summed E-state index contributed by atoms with van der Waals surface area (Å²) in [5, 5.41) is 0. The summed E-state index contributed by atoms with van der Waals surface area (Å²) >= 11 is 0. The first kappa shape index (κ1) is 15.8. The number of anilines is 1. The molecule has 2 N–H and O–H groups in total. The van der Waals surface area contributed by atoms with Gasteiger partial charge in [-0.25, -0.2) is 0 Å². The summed E-state index contributed by atoms with van der Waals surface area (Å²) in [6.45, 7) is 3.92. The first-order chi connectivity index (χ1) is 10.2. The van der Waals surface area contributed by atoms with Gasteiger partial charge in [0.25, 0.3) is 5.91 Å². The zero-order valence-electron chi connectivity index (χ0n) is 12.3. The third-order valence-corrected chi connectivity index (χ3v) is 3.32. The summed E-state index contributed by atoms with van der Waals surface area (Å²) in [4.78, 5) is 13.9. The number of ether oxygens (including phenoxy) is 3. The molecule has 0 aliphatic carbocycles. The number of benzene rings is 1. The van der Waals surface area contributed by atoms with Gasteiger partial charge in [0.15, 0.2) is 0 Å². The molecule has 0 saturated carbocycles. The van der Waals surface area contributed by atoms with E-state index in [-0.39, 0.29) is 5.91 Å². The Labute approximate surface area is 124 Å². The van der Waals surface area contributed by atoms with Crippen LogP contribution >= 0.6 is 0 Å². The average molecular weight is 294 g/mol. The molecule has 2 rings (SSSR count). The first-order valence-electron chi connectivity index (χ1n) is 7.04. The Morgan fingerprint density at radius 3 is 2.62 bits per heavy atom. The zero-order valence-corrected chi connectivity index (χ0v) is 12.3. The number of rotatable bonds is 9. The molecule has 1 aromatic carbocycles. The van der Waals surface area contributed by atoms with Crippen molar-refractivity contribution in [3.8, 4) is 0 Å². The van der Waals surface area contributed by atoms with Gasteiger partial charge in [0.1, 0.15) is 0 Å². The number of amides is 1. The Bertz CT molecular complexity index is 479. The molecule has 0 aromatic heterocycles. The lowest BCUT2D eigenvalue weighted by atomic mass is 10.1. The molecule has 1 amide bonds. The van der Waals surface area contributed by atoms with Gasteiger partial charge < -0.3 is 24.8 Å². The molecule has 0 bridgehead atoms. The molecule has 1 aromatic rings. The van der Waals surface area contributed by atoms with E-state index in [2.05, 4.69) is 0 Å². The highest BCUT2D eigenvalue weighted by Gasteiger charge is 2.26. The number of methoxy groups -OCH3 is 1. The molecule has 116 valence electrons. The molecule has 0 unspecified atom stereocenters. The van der Waals surface area contributed by atoms with E-state index in [1.165, 1.54) is 0 Å². The fourth-order valence-corrected chi connectivity index (χ4v) is 2.20. The minimum atomic E-state index is 0.0252. The molecule has 6 heteroatoms. The van der Waals surface area contributed by atoms with E-state index in [1.54, 1.807) is 18.1 Å². The van der Waals surface area contributed by atoms with Crippen LogP contribution in [-0.2, 0) is 20.8 Å². The highest BCUT2D eigenvalue weighted by atomic mass is 16.5. The molecule has 1 aliphatic heterocycles. The number of carbonyl (C=O) groups is 1. The molecule has 0 radical (unpaired) electrons. The lowest BCUT2D eigenvalue weighted by Gasteiger charge is -2.15. The van der Waals surface area contributed by atoms with Gasteiger partial charge in [0, 0.05) is 31.5 Å². The Kier molecular flexibility index (Phi) is 5.98. The maximum absolute atomic E-state index is 12.2. The van der Waals surface area contributed by atoms with E-state index < -0.39 is 0 Å². The molecule has 0 saturated heterocycles. The van der Waals surface area contributed by atoms with Crippen LogP contribution in [0.4, 0.5) is 5.69 Å². The Hall–Kier alpha value is -1.63. The average Bonchev–Trinajstić information content (AvgIpc) is 2.78. The van der Waals surface area contributed by atoms with E-state index in [0.717, 1.165) is 5.56 Å². The number of nitrogens with two attached hydrogens (primary N) is 1. The lowest BCUT2D eigenvalue weighted by molar-refractivity contribution is 0.0194. The summed E-state index contributed by atoms with van der Waals surface area (Å²) in [6, 6.07) is 5.47. The standard InChI is InChI=1S/C15H22N2O4/c1-19-6-7-21-9-8-20-5-4-17-11-12-2-3-13(16)10-14(12)15(17)18/h2-3,10H,4-9,11,16H2,1H3. The van der Waals surface area contributed by atoms with Crippen LogP contribution in [0.1, 0.15) is 15.9 Å². The first-order valence-corrected chi connectivity index (χ1v) is 7.04. The van der Waals surface area contributed by atoms with Crippen LogP contribution in [0.5, 0.6) is 0 Å². The third kappa shape index (κ3) is 4.42.